The minimum absolute atomic E-state index is 0.180. The summed E-state index contributed by atoms with van der Waals surface area (Å²) in [5.74, 6) is -0.941. The molecule has 3 atom stereocenters. The first-order valence-corrected chi connectivity index (χ1v) is 17.0. The van der Waals surface area contributed by atoms with Gasteiger partial charge in [0.15, 0.2) is 6.10 Å². The van der Waals surface area contributed by atoms with Crippen molar-refractivity contribution >= 4 is 19.8 Å². The van der Waals surface area contributed by atoms with Gasteiger partial charge in [-0.25, -0.2) is 4.57 Å². The molecule has 40 heavy (non-hydrogen) atoms. The molecule has 0 bridgehead atoms. The van der Waals surface area contributed by atoms with Crippen molar-refractivity contribution in [1.29, 1.82) is 0 Å². The van der Waals surface area contributed by atoms with Crippen molar-refractivity contribution in [3.8, 4) is 0 Å². The van der Waals surface area contributed by atoms with Gasteiger partial charge in [0, 0.05) is 12.8 Å². The van der Waals surface area contributed by atoms with Crippen LogP contribution in [-0.4, -0.2) is 65.7 Å². The van der Waals surface area contributed by atoms with Crippen LogP contribution in [-0.2, 0) is 32.7 Å². The molecule has 0 fully saturated rings. The lowest BCUT2D eigenvalue weighted by Crippen LogP contribution is -2.29. The van der Waals surface area contributed by atoms with Gasteiger partial charge in [-0.1, -0.05) is 110 Å². The van der Waals surface area contributed by atoms with Gasteiger partial charge >= 0.3 is 19.8 Å². The van der Waals surface area contributed by atoms with E-state index in [0.717, 1.165) is 38.5 Å². The van der Waals surface area contributed by atoms with Crippen molar-refractivity contribution in [1.82, 2.24) is 0 Å². The first-order valence-electron chi connectivity index (χ1n) is 15.5. The Morgan fingerprint density at radius 1 is 0.650 bits per heavy atom. The quantitative estimate of drug-likeness (QED) is 0.0504. The zero-order chi connectivity index (χ0) is 29.9. The summed E-state index contributed by atoms with van der Waals surface area (Å²) in [5, 5.41) is 18.1. The summed E-state index contributed by atoms with van der Waals surface area (Å²) < 4.78 is 32.1. The molecular formula is C29H57O10P. The molecule has 0 saturated carbocycles. The molecule has 0 saturated heterocycles. The Balaban J connectivity index is 4.27. The highest BCUT2D eigenvalue weighted by Gasteiger charge is 2.27. The SMILES string of the molecule is CCCCCCCCCCCCCCCC(=O)OC[C@H](COP(=O)(O)OC[C@@H](O)CO)OC(=O)CCCCCC. The second kappa shape index (κ2) is 26.8. The van der Waals surface area contributed by atoms with Gasteiger partial charge in [-0.3, -0.25) is 18.6 Å². The zero-order valence-corrected chi connectivity index (χ0v) is 26.0. The highest BCUT2D eigenvalue weighted by Crippen LogP contribution is 2.43. The normalized spacial score (nSPS) is 14.4. The summed E-state index contributed by atoms with van der Waals surface area (Å²) in [6.07, 6.45) is 17.3. The number of ether oxygens (including phenoxy) is 2. The molecule has 0 radical (unpaired) electrons. The second-order valence-electron chi connectivity index (χ2n) is 10.5. The molecule has 0 aromatic heterocycles. The van der Waals surface area contributed by atoms with Crippen LogP contribution in [0.5, 0.6) is 0 Å². The van der Waals surface area contributed by atoms with E-state index >= 15 is 0 Å². The van der Waals surface area contributed by atoms with E-state index in [1.165, 1.54) is 57.8 Å². The van der Waals surface area contributed by atoms with Crippen LogP contribution in [0.25, 0.3) is 0 Å². The van der Waals surface area contributed by atoms with Crippen molar-refractivity contribution in [3.63, 3.8) is 0 Å². The molecule has 3 N–H and O–H groups in total. The largest absolute Gasteiger partial charge is 0.472 e. The third kappa shape index (κ3) is 25.9. The Morgan fingerprint density at radius 3 is 1.57 bits per heavy atom. The fraction of sp³-hybridized carbons (Fsp3) is 0.931. The van der Waals surface area contributed by atoms with Gasteiger partial charge in [0.25, 0.3) is 0 Å². The molecular weight excluding hydrogens is 539 g/mol. The van der Waals surface area contributed by atoms with Crippen molar-refractivity contribution < 1.29 is 47.8 Å². The molecule has 10 nitrogen and oxygen atoms in total. The van der Waals surface area contributed by atoms with Crippen molar-refractivity contribution in [2.75, 3.05) is 26.4 Å². The molecule has 11 heteroatoms. The van der Waals surface area contributed by atoms with Crippen LogP contribution in [0, 0.1) is 0 Å². The third-order valence-corrected chi connectivity index (χ3v) is 7.46. The highest BCUT2D eigenvalue weighted by atomic mass is 31.2. The molecule has 0 aromatic rings. The van der Waals surface area contributed by atoms with Gasteiger partial charge in [0.1, 0.15) is 12.7 Å². The van der Waals surface area contributed by atoms with E-state index < -0.39 is 51.8 Å². The van der Waals surface area contributed by atoms with Gasteiger partial charge in [0.05, 0.1) is 19.8 Å². The van der Waals surface area contributed by atoms with E-state index in [2.05, 4.69) is 18.4 Å². The molecule has 0 heterocycles. The van der Waals surface area contributed by atoms with E-state index in [9.17, 15) is 24.2 Å². The summed E-state index contributed by atoms with van der Waals surface area (Å²) in [5.41, 5.74) is 0. The lowest BCUT2D eigenvalue weighted by molar-refractivity contribution is -0.161. The van der Waals surface area contributed by atoms with Crippen LogP contribution in [0.15, 0.2) is 0 Å². The van der Waals surface area contributed by atoms with Crippen LogP contribution in [0.1, 0.15) is 136 Å². The molecule has 0 aliphatic rings. The summed E-state index contributed by atoms with van der Waals surface area (Å²) in [6.45, 7) is 2.20. The number of aliphatic hydroxyl groups excluding tert-OH is 2. The van der Waals surface area contributed by atoms with Gasteiger partial charge < -0.3 is 24.6 Å². The van der Waals surface area contributed by atoms with Crippen LogP contribution >= 0.6 is 7.82 Å². The number of unbranched alkanes of at least 4 members (excludes halogenated alkanes) is 15. The second-order valence-corrected chi connectivity index (χ2v) is 11.9. The molecule has 0 aromatic carbocycles. The summed E-state index contributed by atoms with van der Waals surface area (Å²) in [6, 6.07) is 0. The fourth-order valence-corrected chi connectivity index (χ4v) is 4.84. The minimum Gasteiger partial charge on any atom is -0.462 e. The summed E-state index contributed by atoms with van der Waals surface area (Å²) >= 11 is 0. The standard InChI is InChI=1S/C29H57O10P/c1-3-5-7-9-10-11-12-13-14-15-16-17-19-20-28(32)36-24-27(39-29(33)21-18-8-6-4-2)25-38-40(34,35)37-23-26(31)22-30/h26-27,30-31H,3-25H2,1-2H3,(H,34,35)/t26-,27+/m0/s1. The molecule has 0 aliphatic heterocycles. The smallest absolute Gasteiger partial charge is 0.462 e. The lowest BCUT2D eigenvalue weighted by atomic mass is 10.0. The number of carbonyl (C=O) groups excluding carboxylic acids is 2. The molecule has 0 amide bonds. The number of phosphoric ester groups is 1. The summed E-state index contributed by atoms with van der Waals surface area (Å²) in [7, 11) is -4.58. The number of hydrogen-bond donors (Lipinski definition) is 3. The van der Waals surface area contributed by atoms with E-state index in [1.807, 2.05) is 0 Å². The van der Waals surface area contributed by atoms with Crippen LogP contribution < -0.4 is 0 Å². The average molecular weight is 597 g/mol. The van der Waals surface area contributed by atoms with Crippen LogP contribution in [0.4, 0.5) is 0 Å². The first kappa shape index (κ1) is 39.0. The van der Waals surface area contributed by atoms with Gasteiger partial charge in [-0.2, -0.15) is 0 Å². The Bertz CT molecular complexity index is 661. The molecule has 238 valence electrons. The number of esters is 2. The summed E-state index contributed by atoms with van der Waals surface area (Å²) in [4.78, 5) is 34.2. The monoisotopic (exact) mass is 596 g/mol. The first-order chi connectivity index (χ1) is 19.2. The van der Waals surface area contributed by atoms with E-state index in [1.54, 1.807) is 0 Å². The van der Waals surface area contributed by atoms with Crippen molar-refractivity contribution in [3.05, 3.63) is 0 Å². The molecule has 0 spiro atoms. The lowest BCUT2D eigenvalue weighted by Gasteiger charge is -2.20. The highest BCUT2D eigenvalue weighted by molar-refractivity contribution is 7.47. The maximum atomic E-state index is 12.2. The maximum Gasteiger partial charge on any atom is 0.472 e. The van der Waals surface area contributed by atoms with E-state index in [4.69, 9.17) is 19.1 Å². The Hall–Kier alpha value is -1.03. The molecule has 0 rings (SSSR count). The number of phosphoric acid groups is 1. The van der Waals surface area contributed by atoms with Gasteiger partial charge in [-0.15, -0.1) is 0 Å². The number of carbonyl (C=O) groups is 2. The van der Waals surface area contributed by atoms with Gasteiger partial charge in [0.2, 0.25) is 0 Å². The predicted octanol–water partition coefficient (Wildman–Crippen LogP) is 6.38. The minimum atomic E-state index is -4.58. The molecule has 1 unspecified atom stereocenters. The van der Waals surface area contributed by atoms with Gasteiger partial charge in [-0.05, 0) is 12.8 Å². The zero-order valence-electron chi connectivity index (χ0n) is 25.1. The van der Waals surface area contributed by atoms with E-state index in [-0.39, 0.29) is 19.4 Å². The maximum absolute atomic E-state index is 12.2. The average Bonchev–Trinajstić information content (AvgIpc) is 2.93. The number of aliphatic hydroxyl groups is 2. The topological polar surface area (TPSA) is 149 Å². The number of rotatable bonds is 29. The predicted molar refractivity (Wildman–Crippen MR) is 155 cm³/mol. The van der Waals surface area contributed by atoms with Crippen molar-refractivity contribution in [2.24, 2.45) is 0 Å². The van der Waals surface area contributed by atoms with Crippen molar-refractivity contribution in [2.45, 2.75) is 148 Å². The van der Waals surface area contributed by atoms with Crippen LogP contribution in [0.3, 0.4) is 0 Å². The Morgan fingerprint density at radius 2 is 1.07 bits per heavy atom. The van der Waals surface area contributed by atoms with E-state index in [0.29, 0.717) is 12.8 Å². The third-order valence-electron chi connectivity index (χ3n) is 6.51. The Kier molecular flexibility index (Phi) is 26.2. The van der Waals surface area contributed by atoms with Crippen LogP contribution in [0.2, 0.25) is 0 Å². The number of hydrogen-bond acceptors (Lipinski definition) is 9. The fourth-order valence-electron chi connectivity index (χ4n) is 4.05. The Labute approximate surface area is 242 Å². The molecule has 0 aliphatic carbocycles.